The minimum Gasteiger partial charge on any atom is -0.390 e. The Hall–Kier alpha value is -3.15. The summed E-state index contributed by atoms with van der Waals surface area (Å²) in [6.07, 6.45) is -1.16. The maximum absolute atomic E-state index is 13.0. The SMILES string of the molecule is CC(=O)c1cccc(C(=O)N[C@@H](Cc2ccccc2)[C@H](O)CN(CC(=O)N(C)C)S(=O)(=O)C(C)C)n1. The lowest BCUT2D eigenvalue weighted by molar-refractivity contribution is -0.129. The number of nitrogens with one attached hydrogen (secondary N) is 1. The second-order valence-electron chi connectivity index (χ2n) is 8.98. The number of Topliss-reactive ketones (excluding diaryl/α,β-unsaturated/α-hetero) is 1. The summed E-state index contributed by atoms with van der Waals surface area (Å²) in [5, 5.41) is 13.1. The number of hydrogen-bond donors (Lipinski definition) is 2. The van der Waals surface area contributed by atoms with Gasteiger partial charge in [-0.3, -0.25) is 14.4 Å². The summed E-state index contributed by atoms with van der Waals surface area (Å²) in [5.41, 5.74) is 0.913. The highest BCUT2D eigenvalue weighted by Gasteiger charge is 2.33. The van der Waals surface area contributed by atoms with E-state index >= 15 is 0 Å². The summed E-state index contributed by atoms with van der Waals surface area (Å²) >= 11 is 0. The number of ketones is 1. The fraction of sp³-hybridized carbons (Fsp3) is 0.440. The molecule has 1 aromatic carbocycles. The van der Waals surface area contributed by atoms with Gasteiger partial charge in [-0.15, -0.1) is 0 Å². The van der Waals surface area contributed by atoms with E-state index in [1.165, 1.54) is 58.0 Å². The van der Waals surface area contributed by atoms with E-state index in [-0.39, 0.29) is 23.6 Å². The van der Waals surface area contributed by atoms with E-state index in [2.05, 4.69) is 10.3 Å². The molecule has 2 aromatic rings. The van der Waals surface area contributed by atoms with Crippen LogP contribution in [0.4, 0.5) is 0 Å². The van der Waals surface area contributed by atoms with Crippen LogP contribution in [0.25, 0.3) is 0 Å². The molecule has 0 saturated heterocycles. The topological polar surface area (TPSA) is 137 Å². The number of aliphatic hydroxyl groups is 1. The van der Waals surface area contributed by atoms with E-state index in [1.807, 2.05) is 30.3 Å². The Morgan fingerprint density at radius 1 is 1.00 bits per heavy atom. The van der Waals surface area contributed by atoms with Crippen molar-refractivity contribution < 1.29 is 27.9 Å². The quantitative estimate of drug-likeness (QED) is 0.402. The Balaban J connectivity index is 2.35. The van der Waals surface area contributed by atoms with Crippen LogP contribution in [-0.2, 0) is 21.2 Å². The molecule has 1 heterocycles. The molecule has 10 nitrogen and oxygen atoms in total. The predicted molar refractivity (Wildman–Crippen MR) is 136 cm³/mol. The first-order chi connectivity index (χ1) is 16.8. The van der Waals surface area contributed by atoms with Crippen molar-refractivity contribution in [2.75, 3.05) is 27.2 Å². The third kappa shape index (κ3) is 7.94. The van der Waals surface area contributed by atoms with Crippen molar-refractivity contribution >= 4 is 27.6 Å². The molecule has 11 heteroatoms. The summed E-state index contributed by atoms with van der Waals surface area (Å²) in [7, 11) is -0.875. The smallest absolute Gasteiger partial charge is 0.270 e. The van der Waals surface area contributed by atoms with E-state index < -0.39 is 52.3 Å². The summed E-state index contributed by atoms with van der Waals surface area (Å²) in [4.78, 5) is 42.4. The van der Waals surface area contributed by atoms with Gasteiger partial charge >= 0.3 is 0 Å². The highest BCUT2D eigenvalue weighted by Crippen LogP contribution is 2.14. The minimum absolute atomic E-state index is 0.0117. The van der Waals surface area contributed by atoms with Crippen LogP contribution in [0.3, 0.4) is 0 Å². The molecule has 2 atom stereocenters. The van der Waals surface area contributed by atoms with E-state index in [4.69, 9.17) is 0 Å². The molecule has 0 saturated carbocycles. The first-order valence-electron chi connectivity index (χ1n) is 11.5. The molecule has 0 aliphatic rings. The Kier molecular flexibility index (Phi) is 10.3. The molecule has 0 aliphatic heterocycles. The molecular formula is C25H34N4O6S. The lowest BCUT2D eigenvalue weighted by Crippen LogP contribution is -2.53. The Morgan fingerprint density at radius 2 is 1.61 bits per heavy atom. The molecule has 196 valence electrons. The molecule has 0 aliphatic carbocycles. The van der Waals surface area contributed by atoms with Crippen molar-refractivity contribution in [1.29, 1.82) is 0 Å². The van der Waals surface area contributed by atoms with Crippen molar-refractivity contribution in [1.82, 2.24) is 19.5 Å². The van der Waals surface area contributed by atoms with Crippen LogP contribution in [0.5, 0.6) is 0 Å². The van der Waals surface area contributed by atoms with Crippen molar-refractivity contribution in [3.8, 4) is 0 Å². The number of carbonyl (C=O) groups is 3. The van der Waals surface area contributed by atoms with Gasteiger partial charge in [0, 0.05) is 27.6 Å². The monoisotopic (exact) mass is 518 g/mol. The Bertz CT molecular complexity index is 1170. The number of aromatic nitrogens is 1. The van der Waals surface area contributed by atoms with Crippen LogP contribution in [0.15, 0.2) is 48.5 Å². The molecule has 2 amide bonds. The van der Waals surface area contributed by atoms with Gasteiger partial charge in [0.05, 0.1) is 23.9 Å². The zero-order chi connectivity index (χ0) is 27.0. The summed E-state index contributed by atoms with van der Waals surface area (Å²) < 4.78 is 26.9. The Morgan fingerprint density at radius 3 is 2.17 bits per heavy atom. The standard InChI is InChI=1S/C25H34N4O6S/c1-17(2)36(34,35)29(16-24(32)28(4)5)15-23(31)22(14-19-10-7-6-8-11-19)27-25(33)21-13-9-12-20(26-21)18(3)30/h6-13,17,22-23,31H,14-16H2,1-5H3,(H,27,33)/t22-,23+/m0/s1. The van der Waals surface area contributed by atoms with Gasteiger partial charge in [0.2, 0.25) is 15.9 Å². The second-order valence-corrected chi connectivity index (χ2v) is 11.5. The molecule has 2 rings (SSSR count). The van der Waals surface area contributed by atoms with Crippen LogP contribution in [-0.4, -0.2) is 89.9 Å². The van der Waals surface area contributed by atoms with Gasteiger partial charge in [0.1, 0.15) is 11.4 Å². The van der Waals surface area contributed by atoms with E-state index in [1.54, 1.807) is 0 Å². The van der Waals surface area contributed by atoms with E-state index in [0.717, 1.165) is 9.87 Å². The zero-order valence-corrected chi connectivity index (χ0v) is 22.0. The van der Waals surface area contributed by atoms with Gasteiger partial charge in [0.25, 0.3) is 5.91 Å². The maximum atomic E-state index is 13.0. The minimum atomic E-state index is -3.90. The fourth-order valence-corrected chi connectivity index (χ4v) is 4.58. The van der Waals surface area contributed by atoms with Crippen molar-refractivity contribution in [3.63, 3.8) is 0 Å². The first-order valence-corrected chi connectivity index (χ1v) is 13.0. The summed E-state index contributed by atoms with van der Waals surface area (Å²) in [5.74, 6) is -1.37. The van der Waals surface area contributed by atoms with Crippen LogP contribution >= 0.6 is 0 Å². The molecule has 0 bridgehead atoms. The lowest BCUT2D eigenvalue weighted by atomic mass is 10.0. The number of likely N-dealkylation sites (N-methyl/N-ethyl adjacent to an activating group) is 1. The van der Waals surface area contributed by atoms with Crippen LogP contribution in [0.1, 0.15) is 47.3 Å². The number of nitrogens with zero attached hydrogens (tertiary/aromatic N) is 3. The number of amides is 2. The number of hydrogen-bond acceptors (Lipinski definition) is 7. The fourth-order valence-electron chi connectivity index (χ4n) is 3.34. The third-order valence-corrected chi connectivity index (χ3v) is 7.77. The van der Waals surface area contributed by atoms with Crippen molar-refractivity contribution in [3.05, 3.63) is 65.5 Å². The highest BCUT2D eigenvalue weighted by atomic mass is 32.2. The molecule has 0 fully saturated rings. The van der Waals surface area contributed by atoms with Crippen LogP contribution < -0.4 is 5.32 Å². The van der Waals surface area contributed by atoms with Gasteiger partial charge in [-0.25, -0.2) is 13.4 Å². The number of carbonyl (C=O) groups excluding carboxylic acids is 3. The van der Waals surface area contributed by atoms with E-state index in [0.29, 0.717) is 0 Å². The lowest BCUT2D eigenvalue weighted by Gasteiger charge is -2.31. The third-order valence-electron chi connectivity index (χ3n) is 5.58. The number of pyridine rings is 1. The molecule has 1 aromatic heterocycles. The largest absolute Gasteiger partial charge is 0.390 e. The molecule has 36 heavy (non-hydrogen) atoms. The van der Waals surface area contributed by atoms with Gasteiger partial charge in [0.15, 0.2) is 5.78 Å². The van der Waals surface area contributed by atoms with Gasteiger partial charge in [-0.05, 0) is 38.0 Å². The summed E-state index contributed by atoms with van der Waals surface area (Å²) in [6.45, 7) is 3.47. The number of rotatable bonds is 12. The van der Waals surface area contributed by atoms with Crippen LogP contribution in [0, 0.1) is 0 Å². The predicted octanol–water partition coefficient (Wildman–Crippen LogP) is 1.11. The summed E-state index contributed by atoms with van der Waals surface area (Å²) in [6, 6.07) is 12.6. The first kappa shape index (κ1) is 29.1. The zero-order valence-electron chi connectivity index (χ0n) is 21.2. The molecule has 0 spiro atoms. The van der Waals surface area contributed by atoms with Crippen molar-refractivity contribution in [2.45, 2.75) is 44.6 Å². The average Bonchev–Trinajstić information content (AvgIpc) is 2.83. The van der Waals surface area contributed by atoms with Crippen molar-refractivity contribution in [2.24, 2.45) is 0 Å². The number of aliphatic hydroxyl groups excluding tert-OH is 1. The van der Waals surface area contributed by atoms with Gasteiger partial charge in [-0.2, -0.15) is 4.31 Å². The number of sulfonamides is 1. The average molecular weight is 519 g/mol. The van der Waals surface area contributed by atoms with E-state index in [9.17, 15) is 27.9 Å². The molecule has 0 unspecified atom stereocenters. The maximum Gasteiger partial charge on any atom is 0.270 e. The molecule has 2 N–H and O–H groups in total. The van der Waals surface area contributed by atoms with Crippen LogP contribution in [0.2, 0.25) is 0 Å². The number of benzene rings is 1. The normalized spacial score (nSPS) is 13.3. The van der Waals surface area contributed by atoms with Gasteiger partial charge < -0.3 is 15.3 Å². The Labute approximate surface area is 212 Å². The highest BCUT2D eigenvalue weighted by molar-refractivity contribution is 7.89. The molecule has 0 radical (unpaired) electrons. The molecular weight excluding hydrogens is 484 g/mol. The van der Waals surface area contributed by atoms with Gasteiger partial charge in [-0.1, -0.05) is 36.4 Å². The second kappa shape index (κ2) is 12.7.